The lowest BCUT2D eigenvalue weighted by molar-refractivity contribution is 0.394. The topological polar surface area (TPSA) is 33.7 Å². The molecule has 1 aromatic carbocycles. The van der Waals surface area contributed by atoms with Gasteiger partial charge < -0.3 is 19.7 Å². The Morgan fingerprint density at radius 1 is 1.25 bits per heavy atom. The van der Waals surface area contributed by atoms with Crippen molar-refractivity contribution in [3.8, 4) is 11.5 Å². The molecule has 4 heteroatoms. The Balaban J connectivity index is 3.15. The molecule has 1 N–H and O–H groups in total. The third-order valence-corrected chi connectivity index (χ3v) is 2.47. The fourth-order valence-corrected chi connectivity index (χ4v) is 1.79. The summed E-state index contributed by atoms with van der Waals surface area (Å²) in [6.45, 7) is 2.82. The molecule has 0 radical (unpaired) electrons. The highest BCUT2D eigenvalue weighted by Gasteiger charge is 2.12. The Kier molecular flexibility index (Phi) is 4.43. The van der Waals surface area contributed by atoms with Crippen LogP contribution in [0.5, 0.6) is 11.5 Å². The molecule has 0 aliphatic carbocycles. The van der Waals surface area contributed by atoms with E-state index in [9.17, 15) is 0 Å². The summed E-state index contributed by atoms with van der Waals surface area (Å²) in [6, 6.07) is 3.90. The molecule has 0 spiro atoms. The molecule has 0 aromatic heterocycles. The average molecular weight is 224 g/mol. The highest BCUT2D eigenvalue weighted by Crippen LogP contribution is 2.35. The summed E-state index contributed by atoms with van der Waals surface area (Å²) in [7, 11) is 7.27. The van der Waals surface area contributed by atoms with E-state index in [4.69, 9.17) is 9.47 Å². The van der Waals surface area contributed by atoms with Crippen molar-refractivity contribution in [3.05, 3.63) is 17.7 Å². The monoisotopic (exact) mass is 224 g/mol. The van der Waals surface area contributed by atoms with E-state index in [1.807, 2.05) is 33.2 Å². The second-order valence-electron chi connectivity index (χ2n) is 3.70. The van der Waals surface area contributed by atoms with E-state index < -0.39 is 0 Å². The molecule has 0 bridgehead atoms. The highest BCUT2D eigenvalue weighted by molar-refractivity contribution is 5.65. The number of benzene rings is 1. The van der Waals surface area contributed by atoms with Crippen molar-refractivity contribution in [1.82, 2.24) is 5.32 Å². The summed E-state index contributed by atoms with van der Waals surface area (Å²) in [5.41, 5.74) is 2.21. The number of anilines is 1. The number of ether oxygens (including phenoxy) is 2. The predicted molar refractivity (Wildman–Crippen MR) is 66.6 cm³/mol. The summed E-state index contributed by atoms with van der Waals surface area (Å²) >= 11 is 0. The molecular weight excluding hydrogens is 204 g/mol. The van der Waals surface area contributed by atoms with Crippen LogP contribution < -0.4 is 19.7 Å². The molecule has 16 heavy (non-hydrogen) atoms. The zero-order valence-electron chi connectivity index (χ0n) is 10.6. The number of hydrogen-bond donors (Lipinski definition) is 1. The number of hydrogen-bond acceptors (Lipinski definition) is 4. The van der Waals surface area contributed by atoms with E-state index in [2.05, 4.69) is 10.2 Å². The third kappa shape index (κ3) is 2.58. The van der Waals surface area contributed by atoms with Crippen molar-refractivity contribution in [2.75, 3.05) is 39.9 Å². The standard InChI is InChI=1S/C12H20N2O2/c1-9-6-10(15-4)7-11(16-5)12(9)14(3)8-13-2/h6-7,13H,8H2,1-5H3. The van der Waals surface area contributed by atoms with E-state index in [1.54, 1.807) is 14.2 Å². The molecule has 4 nitrogen and oxygen atoms in total. The summed E-state index contributed by atoms with van der Waals surface area (Å²) in [6.07, 6.45) is 0. The van der Waals surface area contributed by atoms with Gasteiger partial charge in [-0.25, -0.2) is 0 Å². The van der Waals surface area contributed by atoms with Gasteiger partial charge in [0.15, 0.2) is 0 Å². The first kappa shape index (κ1) is 12.6. The van der Waals surface area contributed by atoms with Gasteiger partial charge in [-0.1, -0.05) is 0 Å². The van der Waals surface area contributed by atoms with E-state index in [1.165, 1.54) is 0 Å². The fraction of sp³-hybridized carbons (Fsp3) is 0.500. The van der Waals surface area contributed by atoms with Crippen molar-refractivity contribution in [3.63, 3.8) is 0 Å². The maximum Gasteiger partial charge on any atom is 0.146 e. The van der Waals surface area contributed by atoms with Crippen LogP contribution in [0.1, 0.15) is 5.56 Å². The van der Waals surface area contributed by atoms with Crippen molar-refractivity contribution < 1.29 is 9.47 Å². The maximum atomic E-state index is 5.39. The first-order valence-electron chi connectivity index (χ1n) is 5.22. The second kappa shape index (κ2) is 5.61. The SMILES string of the molecule is CNCN(C)c1c(C)cc(OC)cc1OC. The molecule has 1 rings (SSSR count). The minimum Gasteiger partial charge on any atom is -0.497 e. The Morgan fingerprint density at radius 2 is 1.94 bits per heavy atom. The largest absolute Gasteiger partial charge is 0.497 e. The first-order chi connectivity index (χ1) is 7.63. The lowest BCUT2D eigenvalue weighted by Crippen LogP contribution is -2.29. The van der Waals surface area contributed by atoms with Crippen LogP contribution in [0.25, 0.3) is 0 Å². The van der Waals surface area contributed by atoms with Gasteiger partial charge in [-0.05, 0) is 25.6 Å². The van der Waals surface area contributed by atoms with Crippen LogP contribution in [-0.2, 0) is 0 Å². The zero-order chi connectivity index (χ0) is 12.1. The Morgan fingerprint density at radius 3 is 2.44 bits per heavy atom. The number of rotatable bonds is 5. The molecule has 0 aliphatic heterocycles. The van der Waals surface area contributed by atoms with Gasteiger partial charge in [0, 0.05) is 13.1 Å². The average Bonchev–Trinajstić information content (AvgIpc) is 2.27. The van der Waals surface area contributed by atoms with Crippen LogP contribution in [0.15, 0.2) is 12.1 Å². The van der Waals surface area contributed by atoms with E-state index >= 15 is 0 Å². The van der Waals surface area contributed by atoms with Gasteiger partial charge in [0.1, 0.15) is 11.5 Å². The molecule has 0 aliphatic rings. The maximum absolute atomic E-state index is 5.39. The van der Waals surface area contributed by atoms with E-state index in [0.717, 1.165) is 29.4 Å². The van der Waals surface area contributed by atoms with Crippen LogP contribution in [0, 0.1) is 6.92 Å². The molecule has 0 amide bonds. The molecule has 0 unspecified atom stereocenters. The highest BCUT2D eigenvalue weighted by atomic mass is 16.5. The molecule has 1 aromatic rings. The molecule has 0 fully saturated rings. The minimum atomic E-state index is 0.767. The molecule has 90 valence electrons. The van der Waals surface area contributed by atoms with Gasteiger partial charge in [0.2, 0.25) is 0 Å². The summed E-state index contributed by atoms with van der Waals surface area (Å²) in [4.78, 5) is 2.10. The first-order valence-corrected chi connectivity index (χ1v) is 5.22. The predicted octanol–water partition coefficient (Wildman–Crippen LogP) is 1.63. The van der Waals surface area contributed by atoms with Crippen LogP contribution in [0.2, 0.25) is 0 Å². The molecule has 0 atom stereocenters. The lowest BCUT2D eigenvalue weighted by Gasteiger charge is -2.24. The lowest BCUT2D eigenvalue weighted by atomic mass is 10.1. The van der Waals surface area contributed by atoms with E-state index in [-0.39, 0.29) is 0 Å². The van der Waals surface area contributed by atoms with Gasteiger partial charge in [-0.15, -0.1) is 0 Å². The van der Waals surface area contributed by atoms with Crippen molar-refractivity contribution in [2.45, 2.75) is 6.92 Å². The van der Waals surface area contributed by atoms with Crippen LogP contribution in [-0.4, -0.2) is 35.0 Å². The number of aryl methyl sites for hydroxylation is 1. The Hall–Kier alpha value is -1.42. The Bertz CT molecular complexity index is 353. The number of nitrogens with zero attached hydrogens (tertiary/aromatic N) is 1. The van der Waals surface area contributed by atoms with Crippen molar-refractivity contribution in [2.24, 2.45) is 0 Å². The molecule has 0 saturated carbocycles. The van der Waals surface area contributed by atoms with Gasteiger partial charge >= 0.3 is 0 Å². The fourth-order valence-electron chi connectivity index (χ4n) is 1.79. The molecule has 0 saturated heterocycles. The zero-order valence-corrected chi connectivity index (χ0v) is 10.6. The van der Waals surface area contributed by atoms with Gasteiger partial charge in [-0.2, -0.15) is 0 Å². The normalized spacial score (nSPS) is 10.1. The van der Waals surface area contributed by atoms with Crippen LogP contribution in [0.4, 0.5) is 5.69 Å². The smallest absolute Gasteiger partial charge is 0.146 e. The van der Waals surface area contributed by atoms with Crippen LogP contribution in [0.3, 0.4) is 0 Å². The molecular formula is C12H20N2O2. The van der Waals surface area contributed by atoms with Gasteiger partial charge in [-0.3, -0.25) is 0 Å². The summed E-state index contributed by atoms with van der Waals surface area (Å²) < 4.78 is 10.6. The third-order valence-electron chi connectivity index (χ3n) is 2.47. The van der Waals surface area contributed by atoms with Crippen molar-refractivity contribution in [1.29, 1.82) is 0 Å². The minimum absolute atomic E-state index is 0.767. The van der Waals surface area contributed by atoms with E-state index in [0.29, 0.717) is 0 Å². The summed E-state index contributed by atoms with van der Waals surface area (Å²) in [5, 5.41) is 3.11. The van der Waals surface area contributed by atoms with Gasteiger partial charge in [0.25, 0.3) is 0 Å². The van der Waals surface area contributed by atoms with Gasteiger partial charge in [0.05, 0.1) is 26.6 Å². The Labute approximate surface area is 97.2 Å². The molecule has 0 heterocycles. The van der Waals surface area contributed by atoms with Crippen LogP contribution >= 0.6 is 0 Å². The van der Waals surface area contributed by atoms with Crippen molar-refractivity contribution >= 4 is 5.69 Å². The quantitative estimate of drug-likeness (QED) is 0.771. The number of methoxy groups -OCH3 is 2. The number of nitrogens with one attached hydrogen (secondary N) is 1. The summed E-state index contributed by atoms with van der Waals surface area (Å²) in [5.74, 6) is 1.64. The second-order valence-corrected chi connectivity index (χ2v) is 3.70.